The van der Waals surface area contributed by atoms with Gasteiger partial charge in [-0.2, -0.15) is 26.3 Å². The van der Waals surface area contributed by atoms with E-state index in [1.54, 1.807) is 0 Å². The number of rotatable bonds is 4. The summed E-state index contributed by atoms with van der Waals surface area (Å²) < 4.78 is 75.3. The number of benzene rings is 1. The van der Waals surface area contributed by atoms with Crippen molar-refractivity contribution >= 4 is 11.9 Å². The number of alkyl halides is 6. The standard InChI is InChI=1S/C21H32N2O2.2C2HF3O2/c1-18-2-4-19(5-3-18)14-23-11-13-25-21(17-23)7-9-22(10-8-21)15-20-6-12-24-16-20;2*3-2(4,5)1(6)7/h2-5,20H,6-17H2,1H3;2*(H,6,7). The minimum absolute atomic E-state index is 0.0889. The van der Waals surface area contributed by atoms with Crippen LogP contribution in [-0.2, 0) is 25.6 Å². The molecule has 14 heteroatoms. The summed E-state index contributed by atoms with van der Waals surface area (Å²) in [6.07, 6.45) is -6.58. The largest absolute Gasteiger partial charge is 0.490 e. The van der Waals surface area contributed by atoms with Crippen molar-refractivity contribution in [3.8, 4) is 0 Å². The Kier molecular flexibility index (Phi) is 12.0. The number of hydrogen-bond donors (Lipinski definition) is 2. The van der Waals surface area contributed by atoms with E-state index in [0.29, 0.717) is 0 Å². The molecule has 8 nitrogen and oxygen atoms in total. The molecule has 0 aliphatic carbocycles. The van der Waals surface area contributed by atoms with Crippen molar-refractivity contribution in [2.75, 3.05) is 52.5 Å². The Balaban J connectivity index is 0.000000317. The van der Waals surface area contributed by atoms with Crippen LogP contribution in [0.5, 0.6) is 0 Å². The van der Waals surface area contributed by atoms with Gasteiger partial charge < -0.3 is 24.6 Å². The number of morpholine rings is 1. The van der Waals surface area contributed by atoms with Crippen LogP contribution in [0, 0.1) is 12.8 Å². The van der Waals surface area contributed by atoms with Crippen LogP contribution in [0.25, 0.3) is 0 Å². The summed E-state index contributed by atoms with van der Waals surface area (Å²) in [7, 11) is 0. The van der Waals surface area contributed by atoms with Crippen molar-refractivity contribution in [3.05, 3.63) is 35.4 Å². The molecule has 3 aliphatic rings. The highest BCUT2D eigenvalue weighted by atomic mass is 19.4. The van der Waals surface area contributed by atoms with E-state index in [2.05, 4.69) is 41.0 Å². The van der Waals surface area contributed by atoms with Gasteiger partial charge in [-0.15, -0.1) is 0 Å². The van der Waals surface area contributed by atoms with Gasteiger partial charge in [-0.25, -0.2) is 9.59 Å². The van der Waals surface area contributed by atoms with E-state index in [-0.39, 0.29) is 5.60 Å². The summed E-state index contributed by atoms with van der Waals surface area (Å²) in [6, 6.07) is 8.97. The van der Waals surface area contributed by atoms with Crippen molar-refractivity contribution in [2.45, 2.75) is 50.7 Å². The number of carbonyl (C=O) groups is 2. The third kappa shape index (κ3) is 11.7. The second kappa shape index (κ2) is 14.3. The van der Waals surface area contributed by atoms with E-state index >= 15 is 0 Å². The number of likely N-dealkylation sites (tertiary alicyclic amines) is 1. The number of aliphatic carboxylic acids is 2. The van der Waals surface area contributed by atoms with E-state index < -0.39 is 24.3 Å². The average Bonchev–Trinajstić information content (AvgIpc) is 3.35. The molecule has 1 unspecified atom stereocenters. The molecule has 0 aromatic heterocycles. The van der Waals surface area contributed by atoms with Gasteiger partial charge in [-0.1, -0.05) is 29.8 Å². The van der Waals surface area contributed by atoms with Crippen LogP contribution in [0.15, 0.2) is 24.3 Å². The minimum Gasteiger partial charge on any atom is -0.475 e. The number of carboxylic acids is 2. The van der Waals surface area contributed by atoms with Gasteiger partial charge in [0.05, 0.1) is 18.8 Å². The summed E-state index contributed by atoms with van der Waals surface area (Å²) in [5.74, 6) is -4.76. The molecule has 0 bridgehead atoms. The van der Waals surface area contributed by atoms with E-state index in [1.807, 2.05) is 0 Å². The third-order valence-electron chi connectivity index (χ3n) is 6.65. The molecule has 39 heavy (non-hydrogen) atoms. The lowest BCUT2D eigenvalue weighted by molar-refractivity contribution is -0.193. The summed E-state index contributed by atoms with van der Waals surface area (Å²) in [4.78, 5) is 23.0. The molecule has 1 aromatic carbocycles. The van der Waals surface area contributed by atoms with Crippen molar-refractivity contribution in [2.24, 2.45) is 5.92 Å². The molecule has 222 valence electrons. The van der Waals surface area contributed by atoms with Crippen LogP contribution < -0.4 is 0 Å². The number of nitrogens with zero attached hydrogens (tertiary/aromatic N) is 2. The van der Waals surface area contributed by atoms with E-state index in [0.717, 1.165) is 45.4 Å². The van der Waals surface area contributed by atoms with Crippen LogP contribution in [0.4, 0.5) is 26.3 Å². The first kappa shape index (κ1) is 32.8. The fourth-order valence-corrected chi connectivity index (χ4v) is 4.55. The predicted octanol–water partition coefficient (Wildman–Crippen LogP) is 3.96. The van der Waals surface area contributed by atoms with E-state index in [1.165, 1.54) is 50.0 Å². The first-order valence-corrected chi connectivity index (χ1v) is 12.4. The number of halogens is 6. The van der Waals surface area contributed by atoms with Crippen LogP contribution in [-0.4, -0.2) is 102 Å². The van der Waals surface area contributed by atoms with Gasteiger partial charge in [0, 0.05) is 45.9 Å². The smallest absolute Gasteiger partial charge is 0.475 e. The molecular formula is C25H34F6N2O6. The number of carboxylic acid groups (broad SMARTS) is 2. The van der Waals surface area contributed by atoms with Crippen LogP contribution >= 0.6 is 0 Å². The number of piperidine rings is 1. The molecule has 1 atom stereocenters. The second-order valence-electron chi connectivity index (χ2n) is 9.86. The fourth-order valence-electron chi connectivity index (χ4n) is 4.55. The molecule has 1 aromatic rings. The zero-order valence-corrected chi connectivity index (χ0v) is 21.6. The van der Waals surface area contributed by atoms with Crippen molar-refractivity contribution in [1.29, 1.82) is 0 Å². The number of aryl methyl sites for hydroxylation is 1. The van der Waals surface area contributed by atoms with E-state index in [9.17, 15) is 26.3 Å². The molecular weight excluding hydrogens is 538 g/mol. The summed E-state index contributed by atoms with van der Waals surface area (Å²) >= 11 is 0. The van der Waals surface area contributed by atoms with Gasteiger partial charge in [0.15, 0.2) is 0 Å². The maximum Gasteiger partial charge on any atom is 0.490 e. The van der Waals surface area contributed by atoms with Crippen molar-refractivity contribution in [1.82, 2.24) is 9.80 Å². The maximum absolute atomic E-state index is 10.6. The SMILES string of the molecule is Cc1ccc(CN2CCOC3(CCN(CC4CCOC4)CC3)C2)cc1.O=C(O)C(F)(F)F.O=C(O)C(F)(F)F. The quantitative estimate of drug-likeness (QED) is 0.524. The number of ether oxygens (including phenoxy) is 2. The van der Waals surface area contributed by atoms with Gasteiger partial charge in [0.2, 0.25) is 0 Å². The Morgan fingerprint density at radius 3 is 1.92 bits per heavy atom. The summed E-state index contributed by atoms with van der Waals surface area (Å²) in [6.45, 7) is 11.7. The molecule has 1 spiro atoms. The van der Waals surface area contributed by atoms with Crippen LogP contribution in [0.1, 0.15) is 30.4 Å². The Morgan fingerprint density at radius 1 is 0.923 bits per heavy atom. The molecule has 0 saturated carbocycles. The maximum atomic E-state index is 10.6. The highest BCUT2D eigenvalue weighted by Gasteiger charge is 2.40. The molecule has 3 aliphatic heterocycles. The average molecular weight is 573 g/mol. The van der Waals surface area contributed by atoms with E-state index in [4.69, 9.17) is 29.3 Å². The Morgan fingerprint density at radius 2 is 1.46 bits per heavy atom. The van der Waals surface area contributed by atoms with Gasteiger partial charge in [0.25, 0.3) is 0 Å². The second-order valence-corrected chi connectivity index (χ2v) is 9.86. The van der Waals surface area contributed by atoms with Crippen LogP contribution in [0.3, 0.4) is 0 Å². The first-order valence-electron chi connectivity index (χ1n) is 12.4. The molecule has 3 fully saturated rings. The lowest BCUT2D eigenvalue weighted by Gasteiger charge is -2.47. The minimum atomic E-state index is -5.08. The molecule has 3 saturated heterocycles. The summed E-state index contributed by atoms with van der Waals surface area (Å²) in [5, 5.41) is 14.2. The highest BCUT2D eigenvalue weighted by molar-refractivity contribution is 5.73. The van der Waals surface area contributed by atoms with Gasteiger partial charge in [-0.3, -0.25) is 4.90 Å². The van der Waals surface area contributed by atoms with Crippen molar-refractivity contribution in [3.63, 3.8) is 0 Å². The first-order chi connectivity index (χ1) is 18.1. The topological polar surface area (TPSA) is 99.5 Å². The van der Waals surface area contributed by atoms with Gasteiger partial charge >= 0.3 is 24.3 Å². The molecule has 3 heterocycles. The number of hydrogen-bond acceptors (Lipinski definition) is 6. The highest BCUT2D eigenvalue weighted by Crippen LogP contribution is 2.31. The molecule has 4 rings (SSSR count). The van der Waals surface area contributed by atoms with Crippen molar-refractivity contribution < 1.29 is 55.6 Å². The van der Waals surface area contributed by atoms with Crippen LogP contribution in [0.2, 0.25) is 0 Å². The Hall–Kier alpha value is -2.42. The third-order valence-corrected chi connectivity index (χ3v) is 6.65. The Bertz CT molecular complexity index is 887. The molecule has 2 N–H and O–H groups in total. The van der Waals surface area contributed by atoms with Gasteiger partial charge in [-0.05, 0) is 37.7 Å². The summed E-state index contributed by atoms with van der Waals surface area (Å²) in [5.41, 5.74) is 2.84. The lowest BCUT2D eigenvalue weighted by atomic mass is 9.88. The van der Waals surface area contributed by atoms with Gasteiger partial charge in [0.1, 0.15) is 0 Å². The molecule has 0 amide bonds. The monoisotopic (exact) mass is 572 g/mol. The normalized spacial score (nSPS) is 21.9. The lowest BCUT2D eigenvalue weighted by Crippen LogP contribution is -2.56. The zero-order valence-electron chi connectivity index (χ0n) is 21.6. The Labute approximate surface area is 222 Å². The zero-order chi connectivity index (χ0) is 29.3. The predicted molar refractivity (Wildman–Crippen MR) is 127 cm³/mol. The molecule has 0 radical (unpaired) electrons. The fraction of sp³-hybridized carbons (Fsp3) is 0.680.